The molecule has 0 amide bonds. The molecule has 144 valence electrons. The van der Waals surface area contributed by atoms with Gasteiger partial charge in [-0.25, -0.2) is 4.39 Å². The molecule has 2 heterocycles. The second kappa shape index (κ2) is 8.38. The molecule has 2 aliphatic heterocycles. The van der Waals surface area contributed by atoms with Gasteiger partial charge in [-0.1, -0.05) is 24.3 Å². The highest BCUT2D eigenvalue weighted by atomic mass is 19.1. The number of nitrogens with one attached hydrogen (secondary N) is 1. The number of rotatable bonds is 6. The zero-order valence-corrected chi connectivity index (χ0v) is 16.0. The molecule has 0 aliphatic carbocycles. The van der Waals surface area contributed by atoms with Crippen molar-refractivity contribution in [3.8, 4) is 0 Å². The Morgan fingerprint density at radius 1 is 1.11 bits per heavy atom. The molecule has 0 aromatic heterocycles. The highest BCUT2D eigenvalue weighted by Gasteiger charge is 2.32. The predicted molar refractivity (Wildman–Crippen MR) is 106 cm³/mol. The molecule has 0 bridgehead atoms. The van der Waals surface area contributed by atoms with Crippen LogP contribution < -0.4 is 5.32 Å². The van der Waals surface area contributed by atoms with E-state index in [1.165, 1.54) is 5.56 Å². The van der Waals surface area contributed by atoms with Gasteiger partial charge in [0.05, 0.1) is 13.2 Å². The molecule has 2 aliphatic rings. The maximum atomic E-state index is 14.5. The maximum absolute atomic E-state index is 14.5. The molecule has 4 rings (SSSR count). The molecule has 27 heavy (non-hydrogen) atoms. The van der Waals surface area contributed by atoms with Gasteiger partial charge in [-0.15, -0.1) is 0 Å². The molecule has 0 radical (unpaired) electrons. The van der Waals surface area contributed by atoms with Crippen LogP contribution in [0.25, 0.3) is 0 Å². The number of anilines is 1. The van der Waals surface area contributed by atoms with Crippen LogP contribution in [0.3, 0.4) is 0 Å². The van der Waals surface area contributed by atoms with Crippen LogP contribution in [0.5, 0.6) is 0 Å². The summed E-state index contributed by atoms with van der Waals surface area (Å²) in [4.78, 5) is 4.90. The van der Waals surface area contributed by atoms with Gasteiger partial charge in [0.25, 0.3) is 0 Å². The predicted octanol–water partition coefficient (Wildman–Crippen LogP) is 3.26. The van der Waals surface area contributed by atoms with Crippen molar-refractivity contribution in [2.45, 2.75) is 26.1 Å². The van der Waals surface area contributed by atoms with Crippen LogP contribution in [-0.2, 0) is 17.8 Å². The van der Waals surface area contributed by atoms with Crippen molar-refractivity contribution in [3.63, 3.8) is 0 Å². The van der Waals surface area contributed by atoms with Crippen LogP contribution in [-0.4, -0.2) is 55.2 Å². The van der Waals surface area contributed by atoms with Gasteiger partial charge in [0.1, 0.15) is 5.82 Å². The molecule has 0 atom stereocenters. The normalized spacial score (nSPS) is 19.0. The molecule has 0 unspecified atom stereocenters. The summed E-state index contributed by atoms with van der Waals surface area (Å²) < 4.78 is 19.9. The first-order valence-electron chi connectivity index (χ1n) is 9.79. The SMILES string of the molecule is Cc1cccc(NCc2ccc(CN3CC(N4CCOCC4)C3)cc2F)c1. The Kier molecular flexibility index (Phi) is 5.72. The quantitative estimate of drug-likeness (QED) is 0.846. The third-order valence-corrected chi connectivity index (χ3v) is 5.52. The molecule has 0 saturated carbocycles. The lowest BCUT2D eigenvalue weighted by molar-refractivity contribution is -0.0344. The standard InChI is InChI=1S/C22H28FN3O/c1-17-3-2-4-20(11-17)24-13-19-6-5-18(12-22(19)23)14-25-15-21(16-25)26-7-9-27-10-8-26/h2-6,11-12,21,24H,7-10,13-16H2,1H3. The van der Waals surface area contributed by atoms with Crippen molar-refractivity contribution in [3.05, 3.63) is 65.0 Å². The fraction of sp³-hybridized carbons (Fsp3) is 0.455. The molecular formula is C22H28FN3O. The molecule has 2 aromatic rings. The van der Waals surface area contributed by atoms with Gasteiger partial charge < -0.3 is 10.1 Å². The monoisotopic (exact) mass is 369 g/mol. The van der Waals surface area contributed by atoms with Crippen molar-refractivity contribution >= 4 is 5.69 Å². The van der Waals surface area contributed by atoms with Gasteiger partial charge in [-0.3, -0.25) is 9.80 Å². The molecule has 1 N–H and O–H groups in total. The van der Waals surface area contributed by atoms with Gasteiger partial charge in [0.2, 0.25) is 0 Å². The average Bonchev–Trinajstić information content (AvgIpc) is 2.64. The van der Waals surface area contributed by atoms with E-state index in [-0.39, 0.29) is 5.82 Å². The van der Waals surface area contributed by atoms with Crippen molar-refractivity contribution in [1.29, 1.82) is 0 Å². The maximum Gasteiger partial charge on any atom is 0.128 e. The summed E-state index contributed by atoms with van der Waals surface area (Å²) in [6, 6.07) is 14.4. The molecule has 0 spiro atoms. The van der Waals surface area contributed by atoms with E-state index < -0.39 is 0 Å². The van der Waals surface area contributed by atoms with Gasteiger partial charge in [0.15, 0.2) is 0 Å². The Labute approximate surface area is 160 Å². The Bertz CT molecular complexity index is 770. The van der Waals surface area contributed by atoms with E-state index in [2.05, 4.69) is 40.2 Å². The number of nitrogens with zero attached hydrogens (tertiary/aromatic N) is 2. The fourth-order valence-corrected chi connectivity index (χ4v) is 3.89. The van der Waals surface area contributed by atoms with E-state index in [1.807, 2.05) is 18.2 Å². The summed E-state index contributed by atoms with van der Waals surface area (Å²) in [7, 11) is 0. The Hall–Kier alpha value is -1.95. The van der Waals surface area contributed by atoms with Crippen molar-refractivity contribution in [1.82, 2.24) is 9.80 Å². The largest absolute Gasteiger partial charge is 0.381 e. The number of hydrogen-bond donors (Lipinski definition) is 1. The molecule has 2 saturated heterocycles. The summed E-state index contributed by atoms with van der Waals surface area (Å²) in [5, 5.41) is 3.30. The van der Waals surface area contributed by atoms with E-state index in [0.29, 0.717) is 18.2 Å². The Balaban J connectivity index is 1.27. The lowest BCUT2D eigenvalue weighted by Gasteiger charge is -2.46. The summed E-state index contributed by atoms with van der Waals surface area (Å²) in [5.74, 6) is -0.127. The van der Waals surface area contributed by atoms with Crippen LogP contribution in [0.1, 0.15) is 16.7 Å². The number of likely N-dealkylation sites (tertiary alicyclic amines) is 1. The molecule has 2 aromatic carbocycles. The van der Waals surface area contributed by atoms with Crippen LogP contribution in [0.15, 0.2) is 42.5 Å². The number of hydrogen-bond acceptors (Lipinski definition) is 4. The Morgan fingerprint density at radius 3 is 2.67 bits per heavy atom. The average molecular weight is 369 g/mol. The first kappa shape index (κ1) is 18.4. The summed E-state index contributed by atoms with van der Waals surface area (Å²) in [6.45, 7) is 9.28. The van der Waals surface area contributed by atoms with Crippen LogP contribution in [0.2, 0.25) is 0 Å². The van der Waals surface area contributed by atoms with E-state index in [1.54, 1.807) is 6.07 Å². The third kappa shape index (κ3) is 4.67. The molecule has 2 fully saturated rings. The molecule has 4 nitrogen and oxygen atoms in total. The zero-order valence-electron chi connectivity index (χ0n) is 16.0. The number of halogens is 1. The van der Waals surface area contributed by atoms with Crippen molar-refractivity contribution in [2.24, 2.45) is 0 Å². The zero-order chi connectivity index (χ0) is 18.6. The highest BCUT2D eigenvalue weighted by molar-refractivity contribution is 5.46. The van der Waals surface area contributed by atoms with Crippen LogP contribution in [0.4, 0.5) is 10.1 Å². The van der Waals surface area contributed by atoms with E-state index in [0.717, 1.165) is 57.2 Å². The van der Waals surface area contributed by atoms with Crippen LogP contribution >= 0.6 is 0 Å². The van der Waals surface area contributed by atoms with E-state index >= 15 is 0 Å². The fourth-order valence-electron chi connectivity index (χ4n) is 3.89. The van der Waals surface area contributed by atoms with E-state index in [4.69, 9.17) is 4.74 Å². The number of aryl methyl sites for hydroxylation is 1. The van der Waals surface area contributed by atoms with Crippen LogP contribution in [0, 0.1) is 12.7 Å². The van der Waals surface area contributed by atoms with Gasteiger partial charge in [0, 0.05) is 56.6 Å². The highest BCUT2D eigenvalue weighted by Crippen LogP contribution is 2.21. The lowest BCUT2D eigenvalue weighted by atomic mass is 10.0. The molecular weight excluding hydrogens is 341 g/mol. The Morgan fingerprint density at radius 2 is 1.93 bits per heavy atom. The topological polar surface area (TPSA) is 27.7 Å². The molecule has 5 heteroatoms. The summed E-state index contributed by atoms with van der Waals surface area (Å²) in [5.41, 5.74) is 3.97. The van der Waals surface area contributed by atoms with Gasteiger partial charge in [-0.05, 0) is 36.2 Å². The minimum absolute atomic E-state index is 0.127. The first-order valence-corrected chi connectivity index (χ1v) is 9.79. The minimum Gasteiger partial charge on any atom is -0.381 e. The third-order valence-electron chi connectivity index (χ3n) is 5.52. The van der Waals surface area contributed by atoms with E-state index in [9.17, 15) is 4.39 Å². The second-order valence-corrected chi connectivity index (χ2v) is 7.65. The summed E-state index contributed by atoms with van der Waals surface area (Å²) in [6.07, 6.45) is 0. The number of morpholine rings is 1. The number of benzene rings is 2. The smallest absolute Gasteiger partial charge is 0.128 e. The van der Waals surface area contributed by atoms with Gasteiger partial charge >= 0.3 is 0 Å². The number of ether oxygens (including phenoxy) is 1. The minimum atomic E-state index is -0.127. The van der Waals surface area contributed by atoms with Crippen molar-refractivity contribution in [2.75, 3.05) is 44.7 Å². The second-order valence-electron chi connectivity index (χ2n) is 7.65. The van der Waals surface area contributed by atoms with Crippen molar-refractivity contribution < 1.29 is 9.13 Å². The first-order chi connectivity index (χ1) is 13.2. The van der Waals surface area contributed by atoms with Gasteiger partial charge in [-0.2, -0.15) is 0 Å². The summed E-state index contributed by atoms with van der Waals surface area (Å²) >= 11 is 0. The lowest BCUT2D eigenvalue weighted by Crippen LogP contribution is -2.60.